The first-order chi connectivity index (χ1) is 9.56. The van der Waals surface area contributed by atoms with Crippen LogP contribution in [0.3, 0.4) is 0 Å². The molecule has 1 amide bonds. The fourth-order valence-corrected chi connectivity index (χ4v) is 2.33. The van der Waals surface area contributed by atoms with Gasteiger partial charge in [0.1, 0.15) is 11.4 Å². The minimum atomic E-state index is -0.616. The molecule has 0 N–H and O–H groups in total. The second-order valence-corrected chi connectivity index (χ2v) is 4.59. The van der Waals surface area contributed by atoms with Gasteiger partial charge in [0.15, 0.2) is 0 Å². The summed E-state index contributed by atoms with van der Waals surface area (Å²) in [6, 6.07) is 5.29. The van der Waals surface area contributed by atoms with Crippen LogP contribution in [0.2, 0.25) is 0 Å². The average molecular weight is 274 g/mol. The summed E-state index contributed by atoms with van der Waals surface area (Å²) in [5.74, 6) is -0.494. The smallest absolute Gasteiger partial charge is 0.360 e. The summed E-state index contributed by atoms with van der Waals surface area (Å²) in [4.78, 5) is 34.8. The molecule has 0 aliphatic carbocycles. The van der Waals surface area contributed by atoms with E-state index in [0.29, 0.717) is 12.8 Å². The van der Waals surface area contributed by atoms with E-state index in [2.05, 4.69) is 0 Å². The molecule has 1 atom stereocenters. The van der Waals surface area contributed by atoms with Crippen LogP contribution < -0.4 is 4.74 Å². The molecule has 20 heavy (non-hydrogen) atoms. The van der Waals surface area contributed by atoms with Gasteiger partial charge in [-0.2, -0.15) is 0 Å². The zero-order chi connectivity index (χ0) is 14.3. The molecule has 1 aromatic carbocycles. The van der Waals surface area contributed by atoms with E-state index in [9.17, 15) is 19.7 Å². The number of β-lactam (4-membered cyclic amide) rings is 1. The van der Waals surface area contributed by atoms with Crippen LogP contribution >= 0.6 is 0 Å². The van der Waals surface area contributed by atoms with Crippen molar-refractivity contribution in [3.05, 3.63) is 46.2 Å². The lowest BCUT2D eigenvalue weighted by molar-refractivity contribution is -0.384. The molecule has 0 radical (unpaired) electrons. The number of esters is 1. The maximum atomic E-state index is 12.0. The van der Waals surface area contributed by atoms with Crippen LogP contribution in [0.15, 0.2) is 36.0 Å². The van der Waals surface area contributed by atoms with Crippen LogP contribution in [0.25, 0.3) is 0 Å². The van der Waals surface area contributed by atoms with Crippen molar-refractivity contribution in [2.24, 2.45) is 0 Å². The number of benzene rings is 1. The molecule has 1 unspecified atom stereocenters. The van der Waals surface area contributed by atoms with Gasteiger partial charge in [-0.05, 0) is 18.6 Å². The van der Waals surface area contributed by atoms with E-state index in [0.717, 1.165) is 0 Å². The number of ether oxygens (including phenoxy) is 1. The number of nitro benzene ring substituents is 1. The summed E-state index contributed by atoms with van der Waals surface area (Å²) < 4.78 is 5.11. The van der Waals surface area contributed by atoms with Gasteiger partial charge in [-0.15, -0.1) is 0 Å². The number of carbonyl (C=O) groups is 2. The van der Waals surface area contributed by atoms with Crippen LogP contribution in [0, 0.1) is 10.1 Å². The number of hydrogen-bond donors (Lipinski definition) is 0. The van der Waals surface area contributed by atoms with Gasteiger partial charge in [-0.25, -0.2) is 4.79 Å². The number of non-ortho nitro benzene ring substituents is 1. The molecule has 7 heteroatoms. The van der Waals surface area contributed by atoms with E-state index in [-0.39, 0.29) is 29.1 Å². The quantitative estimate of drug-likeness (QED) is 0.273. The van der Waals surface area contributed by atoms with Crippen LogP contribution in [-0.2, 0) is 9.59 Å². The summed E-state index contributed by atoms with van der Waals surface area (Å²) in [7, 11) is 0. The molecule has 1 fully saturated rings. The Hall–Kier alpha value is -2.70. The summed E-state index contributed by atoms with van der Waals surface area (Å²) in [5.41, 5.74) is 0.174. The first-order valence-corrected chi connectivity index (χ1v) is 6.05. The SMILES string of the molecule is O=C(Oc1ccc([N+](=O)[O-])cc1)C1=CCC2CC(=O)N12. The molecule has 0 saturated carbocycles. The molecular weight excluding hydrogens is 264 g/mol. The van der Waals surface area contributed by atoms with Crippen molar-refractivity contribution in [1.29, 1.82) is 0 Å². The van der Waals surface area contributed by atoms with E-state index in [4.69, 9.17) is 4.74 Å². The Morgan fingerprint density at radius 1 is 1.35 bits per heavy atom. The molecule has 102 valence electrons. The molecule has 0 spiro atoms. The Labute approximate surface area is 113 Å². The second kappa shape index (κ2) is 4.44. The van der Waals surface area contributed by atoms with E-state index >= 15 is 0 Å². The maximum absolute atomic E-state index is 12.0. The lowest BCUT2D eigenvalue weighted by Gasteiger charge is -2.35. The highest BCUT2D eigenvalue weighted by Gasteiger charge is 2.44. The number of nitro groups is 1. The molecule has 7 nitrogen and oxygen atoms in total. The van der Waals surface area contributed by atoms with Crippen molar-refractivity contribution in [2.45, 2.75) is 18.9 Å². The molecule has 3 rings (SSSR count). The fraction of sp³-hybridized carbons (Fsp3) is 0.231. The van der Waals surface area contributed by atoms with Gasteiger partial charge in [0.2, 0.25) is 5.91 Å². The Kier molecular flexibility index (Phi) is 2.74. The molecule has 1 aromatic rings. The summed E-state index contributed by atoms with van der Waals surface area (Å²) in [6.07, 6.45) is 2.81. The summed E-state index contributed by atoms with van der Waals surface area (Å²) in [5, 5.41) is 10.5. The van der Waals surface area contributed by atoms with Crippen molar-refractivity contribution >= 4 is 17.6 Å². The van der Waals surface area contributed by atoms with Gasteiger partial charge in [-0.1, -0.05) is 6.08 Å². The zero-order valence-electron chi connectivity index (χ0n) is 10.3. The number of rotatable bonds is 3. The minimum Gasteiger partial charge on any atom is -0.422 e. The maximum Gasteiger partial charge on any atom is 0.360 e. The third-order valence-corrected chi connectivity index (χ3v) is 3.35. The molecule has 1 saturated heterocycles. The lowest BCUT2D eigenvalue weighted by Crippen LogP contribution is -2.50. The van der Waals surface area contributed by atoms with Crippen molar-refractivity contribution in [3.63, 3.8) is 0 Å². The normalized spacial score (nSPS) is 20.0. The second-order valence-electron chi connectivity index (χ2n) is 4.59. The Morgan fingerprint density at radius 3 is 2.65 bits per heavy atom. The molecule has 2 heterocycles. The third-order valence-electron chi connectivity index (χ3n) is 3.35. The monoisotopic (exact) mass is 274 g/mol. The van der Waals surface area contributed by atoms with Crippen LogP contribution in [0.4, 0.5) is 5.69 Å². The first kappa shape index (κ1) is 12.3. The van der Waals surface area contributed by atoms with Gasteiger partial charge in [0, 0.05) is 24.6 Å². The van der Waals surface area contributed by atoms with Crippen molar-refractivity contribution < 1.29 is 19.2 Å². The van der Waals surface area contributed by atoms with E-state index in [1.807, 2.05) is 0 Å². The van der Waals surface area contributed by atoms with Crippen molar-refractivity contribution in [1.82, 2.24) is 4.90 Å². The summed E-state index contributed by atoms with van der Waals surface area (Å²) in [6.45, 7) is 0. The first-order valence-electron chi connectivity index (χ1n) is 6.05. The highest BCUT2D eigenvalue weighted by Crippen LogP contribution is 2.34. The van der Waals surface area contributed by atoms with E-state index < -0.39 is 10.9 Å². The number of amides is 1. The minimum absolute atomic E-state index is 0.0807. The third kappa shape index (κ3) is 1.93. The Bertz CT molecular complexity index is 635. The predicted molar refractivity (Wildman–Crippen MR) is 66.7 cm³/mol. The number of carbonyl (C=O) groups excluding carboxylic acids is 2. The standard InChI is InChI=1S/C13H10N2O5/c16-12-7-9-3-6-11(14(9)12)13(17)20-10-4-1-8(2-5-10)15(18)19/h1-2,4-6,9H,3,7H2. The van der Waals surface area contributed by atoms with Gasteiger partial charge in [0.25, 0.3) is 5.69 Å². The number of nitrogens with zero attached hydrogens (tertiary/aromatic N) is 2. The number of hydrogen-bond acceptors (Lipinski definition) is 5. The molecular formula is C13H10N2O5. The molecule has 0 aromatic heterocycles. The Morgan fingerprint density at radius 2 is 2.05 bits per heavy atom. The molecule has 2 aliphatic heterocycles. The topological polar surface area (TPSA) is 89.7 Å². The van der Waals surface area contributed by atoms with E-state index in [1.54, 1.807) is 6.08 Å². The van der Waals surface area contributed by atoms with Crippen molar-refractivity contribution in [3.8, 4) is 5.75 Å². The largest absolute Gasteiger partial charge is 0.422 e. The highest BCUT2D eigenvalue weighted by molar-refractivity contribution is 5.99. The van der Waals surface area contributed by atoms with Gasteiger partial charge < -0.3 is 9.64 Å². The Balaban J connectivity index is 1.70. The highest BCUT2D eigenvalue weighted by atomic mass is 16.6. The molecule has 0 bridgehead atoms. The van der Waals surface area contributed by atoms with E-state index in [1.165, 1.54) is 29.2 Å². The van der Waals surface area contributed by atoms with Crippen LogP contribution in [0.5, 0.6) is 5.75 Å². The predicted octanol–water partition coefficient (Wildman–Crippen LogP) is 1.39. The van der Waals surface area contributed by atoms with Gasteiger partial charge >= 0.3 is 5.97 Å². The number of fused-ring (bicyclic) bond motifs is 1. The zero-order valence-corrected chi connectivity index (χ0v) is 10.3. The van der Waals surface area contributed by atoms with Gasteiger partial charge in [0.05, 0.1) is 4.92 Å². The molecule has 2 aliphatic rings. The van der Waals surface area contributed by atoms with Gasteiger partial charge in [-0.3, -0.25) is 14.9 Å². The average Bonchev–Trinajstić information content (AvgIpc) is 2.76. The lowest BCUT2D eigenvalue weighted by atomic mass is 10.0. The van der Waals surface area contributed by atoms with Crippen LogP contribution in [0.1, 0.15) is 12.8 Å². The van der Waals surface area contributed by atoms with Crippen LogP contribution in [-0.4, -0.2) is 27.7 Å². The fourth-order valence-electron chi connectivity index (χ4n) is 2.33. The van der Waals surface area contributed by atoms with Crippen molar-refractivity contribution in [2.75, 3.05) is 0 Å². The summed E-state index contributed by atoms with van der Waals surface area (Å²) >= 11 is 0.